The molecule has 106 valence electrons. The maximum absolute atomic E-state index is 11.1. The van der Waals surface area contributed by atoms with E-state index >= 15 is 0 Å². The third-order valence-electron chi connectivity index (χ3n) is 2.87. The van der Waals surface area contributed by atoms with Crippen molar-refractivity contribution >= 4 is 21.9 Å². The Balaban J connectivity index is 2.20. The molecule has 0 aliphatic rings. The van der Waals surface area contributed by atoms with E-state index in [1.807, 2.05) is 18.2 Å². The van der Waals surface area contributed by atoms with Crippen molar-refractivity contribution in [2.24, 2.45) is 0 Å². The number of rotatable bonds is 5. The Morgan fingerprint density at radius 1 is 1.40 bits per heavy atom. The summed E-state index contributed by atoms with van der Waals surface area (Å²) in [5.41, 5.74) is 1.77. The molecule has 2 rings (SSSR count). The van der Waals surface area contributed by atoms with Crippen molar-refractivity contribution in [1.29, 1.82) is 0 Å². The highest BCUT2D eigenvalue weighted by Crippen LogP contribution is 2.31. The zero-order valence-corrected chi connectivity index (χ0v) is 12.9. The van der Waals surface area contributed by atoms with E-state index in [0.29, 0.717) is 12.8 Å². The van der Waals surface area contributed by atoms with Gasteiger partial charge >= 0.3 is 5.97 Å². The molecule has 6 heteroatoms. The van der Waals surface area contributed by atoms with E-state index in [1.165, 1.54) is 7.11 Å². The Kier molecular flexibility index (Phi) is 4.79. The second-order valence-electron chi connectivity index (χ2n) is 4.16. The van der Waals surface area contributed by atoms with Gasteiger partial charge in [-0.05, 0) is 18.2 Å². The monoisotopic (exact) mass is 338 g/mol. The van der Waals surface area contributed by atoms with Crippen molar-refractivity contribution in [3.63, 3.8) is 0 Å². The highest BCUT2D eigenvalue weighted by molar-refractivity contribution is 9.10. The van der Waals surface area contributed by atoms with Crippen LogP contribution in [0.5, 0.6) is 5.75 Å². The number of imidazole rings is 1. The second-order valence-corrected chi connectivity index (χ2v) is 5.08. The van der Waals surface area contributed by atoms with Crippen LogP contribution in [0.4, 0.5) is 0 Å². The first-order chi connectivity index (χ1) is 9.63. The number of nitrogens with one attached hydrogen (secondary N) is 1. The number of ether oxygens (including phenoxy) is 2. The van der Waals surface area contributed by atoms with Crippen LogP contribution in [0.3, 0.4) is 0 Å². The number of H-pyrrole nitrogens is 1. The highest BCUT2D eigenvalue weighted by Gasteiger charge is 2.10. The third-order valence-corrected chi connectivity index (χ3v) is 3.37. The lowest BCUT2D eigenvalue weighted by Gasteiger charge is -2.06. The van der Waals surface area contributed by atoms with Crippen molar-refractivity contribution in [2.45, 2.75) is 12.8 Å². The summed E-state index contributed by atoms with van der Waals surface area (Å²) in [6, 6.07) is 5.75. The Morgan fingerprint density at radius 3 is 2.90 bits per heavy atom. The van der Waals surface area contributed by atoms with E-state index in [9.17, 15) is 4.79 Å². The normalized spacial score (nSPS) is 10.3. The molecule has 1 aromatic carbocycles. The van der Waals surface area contributed by atoms with Crippen LogP contribution in [-0.4, -0.2) is 30.2 Å². The summed E-state index contributed by atoms with van der Waals surface area (Å²) in [4.78, 5) is 18.6. The number of aromatic nitrogens is 2. The molecule has 0 spiro atoms. The summed E-state index contributed by atoms with van der Waals surface area (Å²) < 4.78 is 10.9. The first-order valence-electron chi connectivity index (χ1n) is 6.08. The van der Waals surface area contributed by atoms with Crippen molar-refractivity contribution in [3.8, 4) is 17.0 Å². The maximum Gasteiger partial charge on any atom is 0.305 e. The Morgan fingerprint density at radius 2 is 2.20 bits per heavy atom. The topological polar surface area (TPSA) is 64.2 Å². The van der Waals surface area contributed by atoms with Gasteiger partial charge in [-0.3, -0.25) is 4.79 Å². The molecule has 0 aliphatic heterocycles. The van der Waals surface area contributed by atoms with Gasteiger partial charge in [0.2, 0.25) is 0 Å². The number of aromatic amines is 1. The minimum Gasteiger partial charge on any atom is -0.496 e. The molecular weight excluding hydrogens is 324 g/mol. The van der Waals surface area contributed by atoms with Crippen LogP contribution in [0.25, 0.3) is 11.3 Å². The van der Waals surface area contributed by atoms with Crippen LogP contribution in [0.15, 0.2) is 28.9 Å². The van der Waals surface area contributed by atoms with Crippen LogP contribution in [0, 0.1) is 0 Å². The lowest BCUT2D eigenvalue weighted by molar-refractivity contribution is -0.140. The van der Waals surface area contributed by atoms with Crippen LogP contribution in [0.1, 0.15) is 12.2 Å². The van der Waals surface area contributed by atoms with Crippen LogP contribution < -0.4 is 4.74 Å². The highest BCUT2D eigenvalue weighted by atomic mass is 79.9. The maximum atomic E-state index is 11.1. The number of benzene rings is 1. The smallest absolute Gasteiger partial charge is 0.305 e. The number of hydrogen-bond donors (Lipinski definition) is 1. The summed E-state index contributed by atoms with van der Waals surface area (Å²) >= 11 is 3.44. The predicted octanol–water partition coefficient (Wildman–Crippen LogP) is 2.95. The molecule has 1 N–H and O–H groups in total. The lowest BCUT2D eigenvalue weighted by Crippen LogP contribution is -2.02. The first kappa shape index (κ1) is 14.6. The molecule has 5 nitrogen and oxygen atoms in total. The third kappa shape index (κ3) is 3.39. The fourth-order valence-corrected chi connectivity index (χ4v) is 2.20. The zero-order valence-electron chi connectivity index (χ0n) is 11.3. The predicted molar refractivity (Wildman–Crippen MR) is 78.6 cm³/mol. The Bertz CT molecular complexity index is 610. The van der Waals surface area contributed by atoms with Gasteiger partial charge in [0.15, 0.2) is 0 Å². The van der Waals surface area contributed by atoms with Gasteiger partial charge in [0.25, 0.3) is 0 Å². The summed E-state index contributed by atoms with van der Waals surface area (Å²) in [6.45, 7) is 0. The Labute approximate surface area is 125 Å². The number of esters is 1. The Hall–Kier alpha value is -1.82. The fourth-order valence-electron chi connectivity index (χ4n) is 1.84. The van der Waals surface area contributed by atoms with E-state index in [2.05, 4.69) is 30.6 Å². The van der Waals surface area contributed by atoms with E-state index < -0.39 is 0 Å². The van der Waals surface area contributed by atoms with Crippen molar-refractivity contribution in [3.05, 3.63) is 34.7 Å². The van der Waals surface area contributed by atoms with Crippen molar-refractivity contribution in [2.75, 3.05) is 14.2 Å². The summed E-state index contributed by atoms with van der Waals surface area (Å²) in [7, 11) is 3.00. The van der Waals surface area contributed by atoms with Gasteiger partial charge in [0.1, 0.15) is 11.6 Å². The molecule has 0 fully saturated rings. The molecule has 0 bridgehead atoms. The van der Waals surface area contributed by atoms with E-state index in [0.717, 1.165) is 27.3 Å². The summed E-state index contributed by atoms with van der Waals surface area (Å²) in [5.74, 6) is 1.26. The number of carbonyl (C=O) groups is 1. The van der Waals surface area contributed by atoms with Crippen LogP contribution in [-0.2, 0) is 16.0 Å². The number of halogens is 1. The molecule has 2 aromatic rings. The average Bonchev–Trinajstić information content (AvgIpc) is 2.93. The van der Waals surface area contributed by atoms with Crippen LogP contribution >= 0.6 is 15.9 Å². The lowest BCUT2D eigenvalue weighted by atomic mass is 10.1. The van der Waals surface area contributed by atoms with Gasteiger partial charge in [0, 0.05) is 16.5 Å². The van der Waals surface area contributed by atoms with Gasteiger partial charge in [0.05, 0.1) is 32.5 Å². The minimum absolute atomic E-state index is 0.247. The molecule has 1 heterocycles. The van der Waals surface area contributed by atoms with E-state index in [1.54, 1.807) is 13.3 Å². The molecule has 20 heavy (non-hydrogen) atoms. The number of carbonyl (C=O) groups excluding carboxylic acids is 1. The number of nitrogens with zero attached hydrogens (tertiary/aromatic N) is 1. The molecule has 0 atom stereocenters. The van der Waals surface area contributed by atoms with Gasteiger partial charge in [-0.25, -0.2) is 4.98 Å². The summed E-state index contributed by atoms with van der Waals surface area (Å²) in [6.07, 6.45) is 2.55. The van der Waals surface area contributed by atoms with Crippen molar-refractivity contribution in [1.82, 2.24) is 9.97 Å². The number of methoxy groups -OCH3 is 2. The average molecular weight is 339 g/mol. The van der Waals surface area contributed by atoms with Gasteiger partial charge in [-0.2, -0.15) is 0 Å². The zero-order chi connectivity index (χ0) is 14.5. The van der Waals surface area contributed by atoms with Crippen LogP contribution in [0.2, 0.25) is 0 Å². The quantitative estimate of drug-likeness (QED) is 0.851. The van der Waals surface area contributed by atoms with E-state index in [4.69, 9.17) is 4.74 Å². The molecule has 0 radical (unpaired) electrons. The minimum atomic E-state index is -0.247. The van der Waals surface area contributed by atoms with Gasteiger partial charge < -0.3 is 14.5 Å². The standard InChI is InChI=1S/C14H15BrN2O3/c1-19-12-4-3-9(15)7-10(12)11-8-16-13(17-11)5-6-14(18)20-2/h3-4,7-8H,5-6H2,1-2H3,(H,16,17). The largest absolute Gasteiger partial charge is 0.496 e. The van der Waals surface area contributed by atoms with Gasteiger partial charge in [-0.15, -0.1) is 0 Å². The summed E-state index contributed by atoms with van der Waals surface area (Å²) in [5, 5.41) is 0. The van der Waals surface area contributed by atoms with Gasteiger partial charge in [-0.1, -0.05) is 15.9 Å². The molecule has 0 amide bonds. The SMILES string of the molecule is COC(=O)CCc1ncc(-c2cc(Br)ccc2OC)[nH]1. The second kappa shape index (κ2) is 6.56. The number of hydrogen-bond acceptors (Lipinski definition) is 4. The molecule has 0 saturated heterocycles. The molecule has 0 saturated carbocycles. The number of aryl methyl sites for hydroxylation is 1. The molecule has 0 aliphatic carbocycles. The first-order valence-corrected chi connectivity index (χ1v) is 6.88. The fraction of sp³-hybridized carbons (Fsp3) is 0.286. The molecule has 1 aromatic heterocycles. The molecule has 0 unspecified atom stereocenters. The van der Waals surface area contributed by atoms with Crippen molar-refractivity contribution < 1.29 is 14.3 Å². The molecular formula is C14H15BrN2O3. The van der Waals surface area contributed by atoms with E-state index in [-0.39, 0.29) is 5.97 Å².